The van der Waals surface area contributed by atoms with Crippen LogP contribution in [0.5, 0.6) is 11.6 Å². The van der Waals surface area contributed by atoms with Crippen LogP contribution in [0.3, 0.4) is 0 Å². The fraction of sp³-hybridized carbons (Fsp3) is 0.318. The van der Waals surface area contributed by atoms with Gasteiger partial charge < -0.3 is 19.2 Å². The Balaban J connectivity index is 1.19. The molecule has 1 saturated heterocycles. The minimum Gasteiger partial charge on any atom is -0.477 e. The summed E-state index contributed by atoms with van der Waals surface area (Å²) in [6, 6.07) is 13.1. The molecule has 0 bridgehead atoms. The van der Waals surface area contributed by atoms with Gasteiger partial charge in [0.1, 0.15) is 18.2 Å². The maximum absolute atomic E-state index is 12.4. The molecule has 2 aromatic heterocycles. The number of hydrogen-bond donors (Lipinski definition) is 0. The van der Waals surface area contributed by atoms with Crippen LogP contribution >= 0.6 is 0 Å². The number of benzene rings is 1. The van der Waals surface area contributed by atoms with Gasteiger partial charge in [-0.25, -0.2) is 14.8 Å². The number of hydrogen-bond acceptors (Lipinski definition) is 6. The van der Waals surface area contributed by atoms with Crippen LogP contribution < -0.4 is 14.3 Å². The van der Waals surface area contributed by atoms with Crippen LogP contribution in [0.2, 0.25) is 0 Å². The minimum atomic E-state index is -0.331. The van der Waals surface area contributed by atoms with Crippen molar-refractivity contribution in [2.24, 2.45) is 0 Å². The average Bonchev–Trinajstić information content (AvgIpc) is 3.29. The van der Waals surface area contributed by atoms with Crippen molar-refractivity contribution in [3.63, 3.8) is 0 Å². The summed E-state index contributed by atoms with van der Waals surface area (Å²) in [6.45, 7) is 1.73. The second-order valence-corrected chi connectivity index (χ2v) is 6.99. The Labute approximate surface area is 175 Å². The molecule has 0 spiro atoms. The summed E-state index contributed by atoms with van der Waals surface area (Å²) in [5.74, 6) is 1.15. The summed E-state index contributed by atoms with van der Waals surface area (Å²) in [5, 5.41) is 0. The first-order chi connectivity index (χ1) is 14.8. The first-order valence-electron chi connectivity index (χ1n) is 10.0. The smallest absolute Gasteiger partial charge is 0.415 e. The zero-order valence-corrected chi connectivity index (χ0v) is 16.6. The quantitative estimate of drug-likeness (QED) is 0.598. The lowest BCUT2D eigenvalue weighted by molar-refractivity contribution is -0.0000192. The van der Waals surface area contributed by atoms with Gasteiger partial charge in [-0.1, -0.05) is 18.2 Å². The number of imidazole rings is 1. The van der Waals surface area contributed by atoms with E-state index in [1.807, 2.05) is 42.5 Å². The van der Waals surface area contributed by atoms with Crippen LogP contribution in [0.4, 0.5) is 4.79 Å². The van der Waals surface area contributed by atoms with Gasteiger partial charge in [0.25, 0.3) is 0 Å². The molecule has 1 fully saturated rings. The van der Waals surface area contributed by atoms with E-state index in [1.165, 1.54) is 0 Å². The van der Waals surface area contributed by atoms with Crippen LogP contribution in [0, 0.1) is 0 Å². The van der Waals surface area contributed by atoms with Gasteiger partial charge in [-0.15, -0.1) is 0 Å². The van der Waals surface area contributed by atoms with Gasteiger partial charge in [0.05, 0.1) is 12.8 Å². The Bertz CT molecular complexity index is 908. The third-order valence-corrected chi connectivity index (χ3v) is 4.86. The molecule has 1 aliphatic heterocycles. The van der Waals surface area contributed by atoms with E-state index >= 15 is 0 Å². The molecule has 3 aromatic rings. The fourth-order valence-corrected chi connectivity index (χ4v) is 3.22. The Morgan fingerprint density at radius 2 is 1.90 bits per heavy atom. The molecular formula is C22H24N4O4. The summed E-state index contributed by atoms with van der Waals surface area (Å²) in [5.41, 5.74) is 1.10. The van der Waals surface area contributed by atoms with Gasteiger partial charge >= 0.3 is 6.09 Å². The largest absolute Gasteiger partial charge is 0.477 e. The minimum absolute atomic E-state index is 0.0656. The Morgan fingerprint density at radius 1 is 1.07 bits per heavy atom. The van der Waals surface area contributed by atoms with E-state index in [0.29, 0.717) is 31.3 Å². The van der Waals surface area contributed by atoms with Crippen molar-refractivity contribution in [1.82, 2.24) is 19.6 Å². The van der Waals surface area contributed by atoms with E-state index in [9.17, 15) is 4.79 Å². The topological polar surface area (TPSA) is 78.7 Å². The van der Waals surface area contributed by atoms with Crippen molar-refractivity contribution in [2.45, 2.75) is 25.4 Å². The summed E-state index contributed by atoms with van der Waals surface area (Å²) in [4.78, 5) is 28.0. The lowest BCUT2D eigenvalue weighted by atomic mass is 10.1. The molecule has 0 aliphatic carbocycles. The number of rotatable bonds is 7. The SMILES string of the molecule is O=C(Oc1ccc(CCOc2ccccn2)cc1)N1CCC(On2ccnc2)CC1. The van der Waals surface area contributed by atoms with Crippen LogP contribution in [0.1, 0.15) is 18.4 Å². The van der Waals surface area contributed by atoms with E-state index < -0.39 is 0 Å². The highest BCUT2D eigenvalue weighted by Crippen LogP contribution is 2.17. The normalized spacial score (nSPS) is 14.3. The lowest BCUT2D eigenvalue weighted by Gasteiger charge is -2.31. The van der Waals surface area contributed by atoms with Gasteiger partial charge in [0.15, 0.2) is 0 Å². The molecule has 0 atom stereocenters. The van der Waals surface area contributed by atoms with Gasteiger partial charge in [-0.2, -0.15) is 4.73 Å². The first-order valence-corrected chi connectivity index (χ1v) is 10.0. The maximum Gasteiger partial charge on any atom is 0.415 e. The number of pyridine rings is 1. The zero-order chi connectivity index (χ0) is 20.6. The number of carbonyl (C=O) groups excluding carboxylic acids is 1. The molecule has 0 radical (unpaired) electrons. The fourth-order valence-electron chi connectivity index (χ4n) is 3.22. The summed E-state index contributed by atoms with van der Waals surface area (Å²) < 4.78 is 12.7. The summed E-state index contributed by atoms with van der Waals surface area (Å²) in [7, 11) is 0. The molecule has 4 rings (SSSR count). The zero-order valence-electron chi connectivity index (χ0n) is 16.6. The van der Waals surface area contributed by atoms with Crippen molar-refractivity contribution in [2.75, 3.05) is 19.7 Å². The van der Waals surface area contributed by atoms with Crippen molar-refractivity contribution in [1.29, 1.82) is 0 Å². The monoisotopic (exact) mass is 408 g/mol. The standard InChI is InChI=1S/C22H24N4O4/c27-22(25-13-8-20(9-14-25)30-26-15-12-23-17-26)29-19-6-4-18(5-7-19)10-16-28-21-3-1-2-11-24-21/h1-7,11-12,15,17,20H,8-10,13-14,16H2. The molecule has 0 unspecified atom stereocenters. The second kappa shape index (κ2) is 9.78. The Hall–Kier alpha value is -3.55. The van der Waals surface area contributed by atoms with E-state index in [1.54, 1.807) is 34.5 Å². The van der Waals surface area contributed by atoms with E-state index in [2.05, 4.69) is 9.97 Å². The molecule has 8 heteroatoms. The molecular weight excluding hydrogens is 384 g/mol. The molecule has 1 aliphatic rings. The predicted octanol–water partition coefficient (Wildman–Crippen LogP) is 2.99. The van der Waals surface area contributed by atoms with Crippen LogP contribution in [-0.4, -0.2) is 51.5 Å². The molecule has 30 heavy (non-hydrogen) atoms. The van der Waals surface area contributed by atoms with E-state index in [-0.39, 0.29) is 12.2 Å². The first kappa shape index (κ1) is 19.8. The van der Waals surface area contributed by atoms with Gasteiger partial charge in [-0.3, -0.25) is 0 Å². The Morgan fingerprint density at radius 3 is 2.60 bits per heavy atom. The summed E-state index contributed by atoms with van der Waals surface area (Å²) >= 11 is 0. The van der Waals surface area contributed by atoms with Crippen LogP contribution in [-0.2, 0) is 6.42 Å². The van der Waals surface area contributed by atoms with E-state index in [0.717, 1.165) is 24.8 Å². The molecule has 1 amide bonds. The molecule has 0 N–H and O–H groups in total. The predicted molar refractivity (Wildman–Crippen MR) is 109 cm³/mol. The number of piperidine rings is 1. The molecule has 1 aromatic carbocycles. The molecule has 3 heterocycles. The number of aromatic nitrogens is 3. The van der Waals surface area contributed by atoms with Crippen molar-refractivity contribution < 1.29 is 19.1 Å². The molecule has 156 valence electrons. The molecule has 8 nitrogen and oxygen atoms in total. The summed E-state index contributed by atoms with van der Waals surface area (Å²) in [6.07, 6.45) is 8.74. The van der Waals surface area contributed by atoms with Crippen LogP contribution in [0.15, 0.2) is 67.4 Å². The van der Waals surface area contributed by atoms with Gasteiger partial charge in [0, 0.05) is 50.8 Å². The number of carbonyl (C=O) groups is 1. The highest BCUT2D eigenvalue weighted by atomic mass is 16.7. The van der Waals surface area contributed by atoms with Gasteiger partial charge in [0.2, 0.25) is 5.88 Å². The van der Waals surface area contributed by atoms with Crippen molar-refractivity contribution >= 4 is 6.09 Å². The lowest BCUT2D eigenvalue weighted by Crippen LogP contribution is -2.44. The second-order valence-electron chi connectivity index (χ2n) is 6.99. The number of likely N-dealkylation sites (tertiary alicyclic amines) is 1. The average molecular weight is 408 g/mol. The van der Waals surface area contributed by atoms with Crippen molar-refractivity contribution in [3.05, 3.63) is 72.9 Å². The number of amides is 1. The van der Waals surface area contributed by atoms with Gasteiger partial charge in [-0.05, 0) is 23.8 Å². The number of ether oxygens (including phenoxy) is 2. The Kier molecular flexibility index (Phi) is 6.44. The third kappa shape index (κ3) is 5.50. The van der Waals surface area contributed by atoms with E-state index in [4.69, 9.17) is 14.3 Å². The number of nitrogens with zero attached hydrogens (tertiary/aromatic N) is 4. The third-order valence-electron chi connectivity index (χ3n) is 4.86. The highest BCUT2D eigenvalue weighted by molar-refractivity contribution is 5.70. The van der Waals surface area contributed by atoms with Crippen LogP contribution in [0.25, 0.3) is 0 Å². The van der Waals surface area contributed by atoms with Crippen molar-refractivity contribution in [3.8, 4) is 11.6 Å². The maximum atomic E-state index is 12.4. The highest BCUT2D eigenvalue weighted by Gasteiger charge is 2.25. The molecule has 0 saturated carbocycles.